The highest BCUT2D eigenvalue weighted by Gasteiger charge is 2.23. The van der Waals surface area contributed by atoms with Crippen molar-refractivity contribution in [1.82, 2.24) is 9.55 Å². The number of aromatic nitrogens is 2. The fraction of sp³-hybridized carbons (Fsp3) is 0.185. The zero-order valence-electron chi connectivity index (χ0n) is 19.6. The number of carboxylic acids is 1. The van der Waals surface area contributed by atoms with Crippen molar-refractivity contribution in [3.63, 3.8) is 0 Å². The number of carboxylic acid groups (broad SMARTS) is 1. The number of carbonyl (C=O) groups is 2. The van der Waals surface area contributed by atoms with E-state index in [2.05, 4.69) is 4.98 Å². The van der Waals surface area contributed by atoms with Gasteiger partial charge in [-0.1, -0.05) is 30.7 Å². The predicted octanol–water partition coefficient (Wildman–Crippen LogP) is 5.29. The zero-order chi connectivity index (χ0) is 25.8. The summed E-state index contributed by atoms with van der Waals surface area (Å²) in [6.45, 7) is 1.82. The first-order valence-electron chi connectivity index (χ1n) is 11.2. The number of pyridine rings is 1. The van der Waals surface area contributed by atoms with Crippen LogP contribution in [0.3, 0.4) is 0 Å². The van der Waals surface area contributed by atoms with Crippen LogP contribution in [0.15, 0.2) is 76.5 Å². The van der Waals surface area contributed by atoms with Crippen molar-refractivity contribution >= 4 is 23.4 Å². The van der Waals surface area contributed by atoms with Crippen LogP contribution >= 0.6 is 11.6 Å². The second-order valence-electron chi connectivity index (χ2n) is 8.13. The summed E-state index contributed by atoms with van der Waals surface area (Å²) in [7, 11) is 1.49. The highest BCUT2D eigenvalue weighted by Crippen LogP contribution is 2.38. The third kappa shape index (κ3) is 5.08. The van der Waals surface area contributed by atoms with Crippen LogP contribution in [0, 0.1) is 0 Å². The number of nitrogens with zero attached hydrogens (tertiary/aromatic N) is 2. The summed E-state index contributed by atoms with van der Waals surface area (Å²) < 4.78 is 12.4. The van der Waals surface area contributed by atoms with Crippen molar-refractivity contribution in [2.45, 2.75) is 25.8 Å². The van der Waals surface area contributed by atoms with E-state index in [0.29, 0.717) is 45.2 Å². The molecule has 8 nitrogen and oxygen atoms in total. The van der Waals surface area contributed by atoms with Gasteiger partial charge < -0.3 is 18.8 Å². The molecule has 4 aromatic rings. The number of oxazole rings is 1. The Hall–Kier alpha value is -4.17. The number of methoxy groups -OCH3 is 1. The second kappa shape index (κ2) is 10.6. The van der Waals surface area contributed by atoms with Gasteiger partial charge in [0.25, 0.3) is 5.56 Å². The van der Waals surface area contributed by atoms with Gasteiger partial charge in [-0.2, -0.15) is 0 Å². The molecule has 0 aliphatic rings. The normalized spacial score (nSPS) is 11.8. The SMILES string of the molecule is CCC(C(=O)Cc1ccc(C(=O)O)cc1)n1cc(OC)c(-c2cc(Cl)ccc2-c2cnco2)cc1=O. The summed E-state index contributed by atoms with van der Waals surface area (Å²) in [6, 6.07) is 12.0. The lowest BCUT2D eigenvalue weighted by atomic mass is 9.97. The van der Waals surface area contributed by atoms with Crippen LogP contribution in [0.25, 0.3) is 22.5 Å². The molecule has 184 valence electrons. The molecule has 0 saturated carbocycles. The number of Topliss-reactive ketones (excluding diaryl/α,β-unsaturated/α-hetero) is 1. The maximum Gasteiger partial charge on any atom is 0.335 e. The summed E-state index contributed by atoms with van der Waals surface area (Å²) >= 11 is 6.27. The predicted molar refractivity (Wildman–Crippen MR) is 135 cm³/mol. The molecule has 4 rings (SSSR count). The van der Waals surface area contributed by atoms with Crippen molar-refractivity contribution in [3.05, 3.63) is 93.8 Å². The molecule has 2 heterocycles. The lowest BCUT2D eigenvalue weighted by molar-refractivity contribution is -0.121. The Morgan fingerprint density at radius 2 is 1.86 bits per heavy atom. The molecular weight excluding hydrogens is 484 g/mol. The van der Waals surface area contributed by atoms with E-state index in [0.717, 1.165) is 0 Å². The quantitative estimate of drug-likeness (QED) is 0.328. The monoisotopic (exact) mass is 506 g/mol. The van der Waals surface area contributed by atoms with Gasteiger partial charge in [0, 0.05) is 28.6 Å². The number of aromatic carboxylic acids is 1. The third-order valence-corrected chi connectivity index (χ3v) is 6.14. The number of ketones is 1. The molecular formula is C27H23ClN2O6. The van der Waals surface area contributed by atoms with Crippen molar-refractivity contribution in [1.29, 1.82) is 0 Å². The number of rotatable bonds is 9. The molecule has 9 heteroatoms. The molecule has 0 spiro atoms. The minimum Gasteiger partial charge on any atom is -0.495 e. The lowest BCUT2D eigenvalue weighted by Gasteiger charge is -2.20. The Balaban J connectivity index is 1.71. The Labute approximate surface area is 211 Å². The van der Waals surface area contributed by atoms with Gasteiger partial charge in [0.15, 0.2) is 17.9 Å². The van der Waals surface area contributed by atoms with E-state index in [9.17, 15) is 14.4 Å². The number of benzene rings is 2. The summed E-state index contributed by atoms with van der Waals surface area (Å²) in [5.74, 6) is -0.329. The molecule has 0 aliphatic heterocycles. The molecule has 0 radical (unpaired) electrons. The van der Waals surface area contributed by atoms with Crippen molar-refractivity contribution in [3.8, 4) is 28.2 Å². The van der Waals surface area contributed by atoms with E-state index >= 15 is 0 Å². The molecule has 0 amide bonds. The van der Waals surface area contributed by atoms with Gasteiger partial charge in [-0.25, -0.2) is 9.78 Å². The first-order valence-corrected chi connectivity index (χ1v) is 11.5. The van der Waals surface area contributed by atoms with Gasteiger partial charge in [0.2, 0.25) is 0 Å². The van der Waals surface area contributed by atoms with Gasteiger partial charge >= 0.3 is 5.97 Å². The molecule has 2 aromatic carbocycles. The lowest BCUT2D eigenvalue weighted by Crippen LogP contribution is -2.30. The summed E-state index contributed by atoms with van der Waals surface area (Å²) in [5.41, 5.74) is 2.23. The number of ether oxygens (including phenoxy) is 1. The summed E-state index contributed by atoms with van der Waals surface area (Å²) in [5, 5.41) is 9.54. The van der Waals surface area contributed by atoms with E-state index in [1.807, 2.05) is 6.92 Å². The Bertz CT molecular complexity index is 1460. The Kier molecular flexibility index (Phi) is 7.36. The molecule has 0 bridgehead atoms. The fourth-order valence-corrected chi connectivity index (χ4v) is 4.28. The van der Waals surface area contributed by atoms with Crippen LogP contribution < -0.4 is 10.3 Å². The largest absolute Gasteiger partial charge is 0.495 e. The average Bonchev–Trinajstić information content (AvgIpc) is 3.40. The Morgan fingerprint density at radius 1 is 1.11 bits per heavy atom. The average molecular weight is 507 g/mol. The third-order valence-electron chi connectivity index (χ3n) is 5.91. The Morgan fingerprint density at radius 3 is 2.47 bits per heavy atom. The fourth-order valence-electron chi connectivity index (χ4n) is 4.11. The molecule has 2 aromatic heterocycles. The van der Waals surface area contributed by atoms with Crippen molar-refractivity contribution in [2.75, 3.05) is 7.11 Å². The van der Waals surface area contributed by atoms with E-state index in [1.165, 1.54) is 42.5 Å². The van der Waals surface area contributed by atoms with Gasteiger partial charge in [0.1, 0.15) is 5.75 Å². The molecule has 1 atom stereocenters. The van der Waals surface area contributed by atoms with Crippen LogP contribution in [0.2, 0.25) is 5.02 Å². The first kappa shape index (κ1) is 24.9. The van der Waals surface area contributed by atoms with Gasteiger partial charge in [-0.3, -0.25) is 9.59 Å². The topological polar surface area (TPSA) is 112 Å². The molecule has 0 aliphatic carbocycles. The summed E-state index contributed by atoms with van der Waals surface area (Å²) in [4.78, 5) is 41.5. The van der Waals surface area contributed by atoms with E-state index in [1.54, 1.807) is 36.5 Å². The van der Waals surface area contributed by atoms with Gasteiger partial charge in [-0.05, 0) is 47.9 Å². The van der Waals surface area contributed by atoms with Crippen molar-refractivity contribution < 1.29 is 23.8 Å². The first-order chi connectivity index (χ1) is 17.3. The molecule has 1 N–H and O–H groups in total. The van der Waals surface area contributed by atoms with Crippen LogP contribution in [-0.2, 0) is 11.2 Å². The van der Waals surface area contributed by atoms with Gasteiger partial charge in [-0.15, -0.1) is 0 Å². The zero-order valence-corrected chi connectivity index (χ0v) is 20.4. The standard InChI is InChI=1S/C27H23ClN2O6/c1-3-22(23(31)10-16-4-6-17(7-5-16)27(33)34)30-14-25(35-2)21(12-26(30)32)20-11-18(28)8-9-19(20)24-13-29-15-36-24/h4-9,11-15,22H,3,10H2,1-2H3,(H,33,34). The highest BCUT2D eigenvalue weighted by molar-refractivity contribution is 6.31. The minimum absolute atomic E-state index is 0.0544. The summed E-state index contributed by atoms with van der Waals surface area (Å²) in [6.07, 6.45) is 4.85. The number of carbonyl (C=O) groups excluding carboxylic acids is 1. The molecule has 0 saturated heterocycles. The van der Waals surface area contributed by atoms with Crippen LogP contribution in [-0.4, -0.2) is 33.5 Å². The number of halogens is 1. The van der Waals surface area contributed by atoms with Crippen LogP contribution in [0.1, 0.15) is 35.3 Å². The number of hydrogen-bond donors (Lipinski definition) is 1. The minimum atomic E-state index is -1.04. The molecule has 1 unspecified atom stereocenters. The van der Waals surface area contributed by atoms with Crippen molar-refractivity contribution in [2.24, 2.45) is 0 Å². The van der Waals surface area contributed by atoms with Gasteiger partial charge in [0.05, 0.1) is 31.1 Å². The second-order valence-corrected chi connectivity index (χ2v) is 8.56. The number of hydrogen-bond acceptors (Lipinski definition) is 6. The van der Waals surface area contributed by atoms with E-state index in [-0.39, 0.29) is 23.3 Å². The highest BCUT2D eigenvalue weighted by atomic mass is 35.5. The van der Waals surface area contributed by atoms with E-state index < -0.39 is 12.0 Å². The van der Waals surface area contributed by atoms with Crippen LogP contribution in [0.4, 0.5) is 0 Å². The molecule has 0 fully saturated rings. The maximum absolute atomic E-state index is 13.3. The molecule has 36 heavy (non-hydrogen) atoms. The van der Waals surface area contributed by atoms with Crippen LogP contribution in [0.5, 0.6) is 5.75 Å². The van der Waals surface area contributed by atoms with E-state index in [4.69, 9.17) is 25.9 Å². The smallest absolute Gasteiger partial charge is 0.335 e. The maximum atomic E-state index is 13.3.